The summed E-state index contributed by atoms with van der Waals surface area (Å²) in [4.78, 5) is 6.76. The van der Waals surface area contributed by atoms with E-state index in [0.29, 0.717) is 11.6 Å². The van der Waals surface area contributed by atoms with Gasteiger partial charge in [0.05, 0.1) is 12.8 Å². The standard InChI is InChI=1S/C12H20N4OS/c1-17-12-10(13)2-3-11(15-12)14-4-5-16-6-8-18-9-7-16/h2-3H,4-9,13H2,1H3,(H,14,15). The van der Waals surface area contributed by atoms with Gasteiger partial charge >= 0.3 is 0 Å². The summed E-state index contributed by atoms with van der Waals surface area (Å²) in [6.07, 6.45) is 0. The van der Waals surface area contributed by atoms with Crippen LogP contribution in [0.3, 0.4) is 0 Å². The van der Waals surface area contributed by atoms with Gasteiger partial charge in [0.2, 0.25) is 5.88 Å². The Labute approximate surface area is 112 Å². The Morgan fingerprint density at radius 1 is 1.44 bits per heavy atom. The summed E-state index contributed by atoms with van der Waals surface area (Å²) in [6, 6.07) is 3.69. The zero-order valence-corrected chi connectivity index (χ0v) is 11.5. The summed E-state index contributed by atoms with van der Waals surface area (Å²) in [5, 5.41) is 3.30. The zero-order chi connectivity index (χ0) is 12.8. The number of rotatable bonds is 5. The third-order valence-electron chi connectivity index (χ3n) is 2.92. The molecule has 1 saturated heterocycles. The van der Waals surface area contributed by atoms with E-state index in [9.17, 15) is 0 Å². The number of anilines is 2. The van der Waals surface area contributed by atoms with Crippen molar-refractivity contribution in [2.45, 2.75) is 0 Å². The van der Waals surface area contributed by atoms with Gasteiger partial charge in [-0.3, -0.25) is 4.90 Å². The van der Waals surface area contributed by atoms with Crippen molar-refractivity contribution >= 4 is 23.3 Å². The smallest absolute Gasteiger partial charge is 0.238 e. The van der Waals surface area contributed by atoms with E-state index in [-0.39, 0.29) is 0 Å². The van der Waals surface area contributed by atoms with Gasteiger partial charge in [-0.05, 0) is 12.1 Å². The SMILES string of the molecule is COc1nc(NCCN2CCSCC2)ccc1N. The molecule has 0 atom stereocenters. The first-order chi connectivity index (χ1) is 8.79. The molecule has 2 rings (SSSR count). The number of hydrogen-bond acceptors (Lipinski definition) is 6. The zero-order valence-electron chi connectivity index (χ0n) is 10.7. The average Bonchev–Trinajstić information content (AvgIpc) is 2.42. The fraction of sp³-hybridized carbons (Fsp3) is 0.583. The Morgan fingerprint density at radius 2 is 2.22 bits per heavy atom. The number of hydrogen-bond donors (Lipinski definition) is 2. The molecule has 1 aliphatic heterocycles. The maximum Gasteiger partial charge on any atom is 0.238 e. The van der Waals surface area contributed by atoms with E-state index in [1.165, 1.54) is 24.6 Å². The molecule has 1 aliphatic rings. The number of nitrogens with two attached hydrogens (primary N) is 1. The molecule has 18 heavy (non-hydrogen) atoms. The molecule has 0 aromatic carbocycles. The van der Waals surface area contributed by atoms with Crippen LogP contribution < -0.4 is 15.8 Å². The van der Waals surface area contributed by atoms with Gasteiger partial charge in [-0.25, -0.2) is 0 Å². The summed E-state index contributed by atoms with van der Waals surface area (Å²) in [5.74, 6) is 3.78. The van der Waals surface area contributed by atoms with Crippen LogP contribution in [0.1, 0.15) is 0 Å². The molecule has 6 heteroatoms. The monoisotopic (exact) mass is 268 g/mol. The van der Waals surface area contributed by atoms with E-state index in [1.54, 1.807) is 7.11 Å². The molecule has 0 spiro atoms. The number of pyridine rings is 1. The topological polar surface area (TPSA) is 63.4 Å². The van der Waals surface area contributed by atoms with Crippen molar-refractivity contribution in [3.63, 3.8) is 0 Å². The number of nitrogen functional groups attached to an aromatic ring is 1. The summed E-state index contributed by atoms with van der Waals surface area (Å²) >= 11 is 2.03. The fourth-order valence-corrected chi connectivity index (χ4v) is 2.86. The van der Waals surface area contributed by atoms with Gasteiger partial charge < -0.3 is 15.8 Å². The predicted molar refractivity (Wildman–Crippen MR) is 77.5 cm³/mol. The van der Waals surface area contributed by atoms with Crippen molar-refractivity contribution in [3.8, 4) is 5.88 Å². The van der Waals surface area contributed by atoms with E-state index >= 15 is 0 Å². The highest BCUT2D eigenvalue weighted by Crippen LogP contribution is 2.19. The van der Waals surface area contributed by atoms with Crippen LogP contribution in [0.5, 0.6) is 5.88 Å². The van der Waals surface area contributed by atoms with Crippen LogP contribution in [0.2, 0.25) is 0 Å². The number of nitrogens with one attached hydrogen (secondary N) is 1. The summed E-state index contributed by atoms with van der Waals surface area (Å²) in [5.41, 5.74) is 6.29. The Kier molecular flexibility index (Phi) is 4.95. The minimum Gasteiger partial charge on any atom is -0.479 e. The summed E-state index contributed by atoms with van der Waals surface area (Å²) in [6.45, 7) is 4.31. The molecule has 0 radical (unpaired) electrons. The highest BCUT2D eigenvalue weighted by Gasteiger charge is 2.09. The third-order valence-corrected chi connectivity index (χ3v) is 3.86. The molecular formula is C12H20N4OS. The predicted octanol–water partition coefficient (Wildman–Crippen LogP) is 1.13. The first-order valence-electron chi connectivity index (χ1n) is 6.14. The molecule has 100 valence electrons. The Hall–Kier alpha value is -1.14. The van der Waals surface area contributed by atoms with Gasteiger partial charge in [-0.2, -0.15) is 16.7 Å². The third kappa shape index (κ3) is 3.68. The molecule has 1 aromatic rings. The maximum atomic E-state index is 5.72. The molecule has 3 N–H and O–H groups in total. The van der Waals surface area contributed by atoms with Crippen molar-refractivity contribution in [2.24, 2.45) is 0 Å². The van der Waals surface area contributed by atoms with Crippen LogP contribution in [0.15, 0.2) is 12.1 Å². The lowest BCUT2D eigenvalue weighted by Crippen LogP contribution is -2.36. The quantitative estimate of drug-likeness (QED) is 0.835. The highest BCUT2D eigenvalue weighted by molar-refractivity contribution is 7.99. The van der Waals surface area contributed by atoms with Gasteiger partial charge in [-0.15, -0.1) is 0 Å². The van der Waals surface area contributed by atoms with Crippen LogP contribution in [0, 0.1) is 0 Å². The molecule has 2 heterocycles. The highest BCUT2D eigenvalue weighted by atomic mass is 32.2. The lowest BCUT2D eigenvalue weighted by Gasteiger charge is -2.26. The van der Waals surface area contributed by atoms with Crippen molar-refractivity contribution in [1.29, 1.82) is 0 Å². The van der Waals surface area contributed by atoms with E-state index < -0.39 is 0 Å². The maximum absolute atomic E-state index is 5.72. The number of nitrogens with zero attached hydrogens (tertiary/aromatic N) is 2. The fourth-order valence-electron chi connectivity index (χ4n) is 1.88. The number of thioether (sulfide) groups is 1. The van der Waals surface area contributed by atoms with Crippen molar-refractivity contribution in [3.05, 3.63) is 12.1 Å². The largest absolute Gasteiger partial charge is 0.479 e. The van der Waals surface area contributed by atoms with E-state index in [1.807, 2.05) is 23.9 Å². The second-order valence-electron chi connectivity index (χ2n) is 4.18. The lowest BCUT2D eigenvalue weighted by molar-refractivity contribution is 0.314. The first kappa shape index (κ1) is 13.3. The second kappa shape index (κ2) is 6.70. The Bertz CT molecular complexity index is 382. The molecule has 0 unspecified atom stereocenters. The molecule has 0 saturated carbocycles. The molecule has 1 aromatic heterocycles. The average molecular weight is 268 g/mol. The van der Waals surface area contributed by atoms with Crippen LogP contribution in [-0.4, -0.2) is 54.7 Å². The summed E-state index contributed by atoms with van der Waals surface area (Å²) in [7, 11) is 1.58. The van der Waals surface area contributed by atoms with Gasteiger partial charge in [0, 0.05) is 37.7 Å². The van der Waals surface area contributed by atoms with Crippen LogP contribution in [-0.2, 0) is 0 Å². The van der Waals surface area contributed by atoms with Gasteiger partial charge in [0.1, 0.15) is 5.82 Å². The Balaban J connectivity index is 1.79. The molecule has 0 amide bonds. The number of ether oxygens (including phenoxy) is 1. The minimum atomic E-state index is 0.481. The molecule has 0 bridgehead atoms. The van der Waals surface area contributed by atoms with Crippen molar-refractivity contribution in [2.75, 3.05) is 55.8 Å². The lowest BCUT2D eigenvalue weighted by atomic mass is 10.4. The van der Waals surface area contributed by atoms with E-state index in [4.69, 9.17) is 10.5 Å². The van der Waals surface area contributed by atoms with Crippen LogP contribution in [0.4, 0.5) is 11.5 Å². The number of aromatic nitrogens is 1. The van der Waals surface area contributed by atoms with Gasteiger partial charge in [-0.1, -0.05) is 0 Å². The van der Waals surface area contributed by atoms with Crippen molar-refractivity contribution < 1.29 is 4.74 Å². The van der Waals surface area contributed by atoms with E-state index in [0.717, 1.165) is 18.9 Å². The summed E-state index contributed by atoms with van der Waals surface area (Å²) < 4.78 is 5.09. The van der Waals surface area contributed by atoms with Gasteiger partial charge in [0.15, 0.2) is 0 Å². The first-order valence-corrected chi connectivity index (χ1v) is 7.29. The van der Waals surface area contributed by atoms with Crippen LogP contribution >= 0.6 is 11.8 Å². The molecule has 0 aliphatic carbocycles. The normalized spacial score (nSPS) is 16.5. The number of methoxy groups -OCH3 is 1. The van der Waals surface area contributed by atoms with Gasteiger partial charge in [0.25, 0.3) is 0 Å². The second-order valence-corrected chi connectivity index (χ2v) is 5.40. The van der Waals surface area contributed by atoms with E-state index in [2.05, 4.69) is 15.2 Å². The Morgan fingerprint density at radius 3 is 2.94 bits per heavy atom. The van der Waals surface area contributed by atoms with Crippen LogP contribution in [0.25, 0.3) is 0 Å². The minimum absolute atomic E-state index is 0.481. The molecule has 5 nitrogen and oxygen atoms in total. The van der Waals surface area contributed by atoms with Crippen molar-refractivity contribution in [1.82, 2.24) is 9.88 Å². The molecular weight excluding hydrogens is 248 g/mol. The molecule has 1 fully saturated rings.